The molecule has 192 valence electrons. The molecular weight excluding hydrogens is 484 g/mol. The quantitative estimate of drug-likeness (QED) is 0.405. The van der Waals surface area contributed by atoms with Crippen molar-refractivity contribution in [3.05, 3.63) is 41.6 Å². The fourth-order valence-corrected chi connectivity index (χ4v) is 4.45. The molecule has 11 heteroatoms. The third-order valence-corrected chi connectivity index (χ3v) is 5.62. The number of aromatic nitrogens is 1. The lowest BCUT2D eigenvalue weighted by atomic mass is 10.0. The molecule has 1 N–H and O–H groups in total. The van der Waals surface area contributed by atoms with E-state index in [-0.39, 0.29) is 28.9 Å². The summed E-state index contributed by atoms with van der Waals surface area (Å²) in [5.74, 6) is -2.47. The fraction of sp³-hybridized carbons (Fsp3) is 0.269. The number of rotatable bonds is 5. The SMILES string of the molecule is CC(=O)Oc1cc2c(cc1OC(C)=O)N(C(C)=O)C(c1c[nH]c3cc(OC(C)=O)c(OC(C)=O)cc13)C2. The van der Waals surface area contributed by atoms with Crippen LogP contribution in [-0.4, -0.2) is 34.8 Å². The number of carbonyl (C=O) groups excluding carboxylic acids is 5. The molecule has 2 aromatic carbocycles. The van der Waals surface area contributed by atoms with Crippen molar-refractivity contribution in [1.82, 2.24) is 4.98 Å². The third-order valence-electron chi connectivity index (χ3n) is 5.62. The molecule has 1 amide bonds. The Bertz CT molecular complexity index is 1470. The minimum Gasteiger partial charge on any atom is -0.423 e. The van der Waals surface area contributed by atoms with Gasteiger partial charge in [0.15, 0.2) is 23.0 Å². The monoisotopic (exact) mass is 508 g/mol. The van der Waals surface area contributed by atoms with Crippen LogP contribution in [0.4, 0.5) is 5.69 Å². The number of amides is 1. The normalized spacial score (nSPS) is 14.2. The van der Waals surface area contributed by atoms with Crippen LogP contribution in [0, 0.1) is 0 Å². The van der Waals surface area contributed by atoms with Crippen molar-refractivity contribution in [1.29, 1.82) is 0 Å². The lowest BCUT2D eigenvalue weighted by Gasteiger charge is -2.24. The van der Waals surface area contributed by atoms with Gasteiger partial charge in [0.25, 0.3) is 0 Å². The van der Waals surface area contributed by atoms with E-state index >= 15 is 0 Å². The number of anilines is 1. The number of ether oxygens (including phenoxy) is 4. The fourth-order valence-electron chi connectivity index (χ4n) is 4.45. The highest BCUT2D eigenvalue weighted by atomic mass is 16.6. The highest BCUT2D eigenvalue weighted by Gasteiger charge is 2.36. The van der Waals surface area contributed by atoms with Crippen LogP contribution < -0.4 is 23.8 Å². The number of aromatic amines is 1. The van der Waals surface area contributed by atoms with Crippen LogP contribution in [0.1, 0.15) is 51.8 Å². The summed E-state index contributed by atoms with van der Waals surface area (Å²) in [6.45, 7) is 6.31. The maximum absolute atomic E-state index is 12.8. The molecule has 1 unspecified atom stereocenters. The van der Waals surface area contributed by atoms with E-state index in [2.05, 4.69) is 4.98 Å². The number of fused-ring (bicyclic) bond motifs is 2. The molecule has 37 heavy (non-hydrogen) atoms. The zero-order valence-corrected chi connectivity index (χ0v) is 20.8. The summed E-state index contributed by atoms with van der Waals surface area (Å²) in [4.78, 5) is 64.0. The molecule has 3 aromatic rings. The summed E-state index contributed by atoms with van der Waals surface area (Å²) in [5, 5.41) is 0.636. The van der Waals surface area contributed by atoms with Crippen molar-refractivity contribution < 1.29 is 42.9 Å². The molecule has 0 fully saturated rings. The molecule has 1 aliphatic heterocycles. The molecule has 0 saturated carbocycles. The number of nitrogens with zero attached hydrogens (tertiary/aromatic N) is 1. The number of esters is 4. The molecule has 4 rings (SSSR count). The van der Waals surface area contributed by atoms with E-state index in [1.165, 1.54) is 46.8 Å². The molecule has 1 aliphatic rings. The van der Waals surface area contributed by atoms with Crippen molar-refractivity contribution in [2.24, 2.45) is 0 Å². The van der Waals surface area contributed by atoms with E-state index in [0.29, 0.717) is 34.1 Å². The number of H-pyrrole nitrogens is 1. The van der Waals surface area contributed by atoms with E-state index in [1.54, 1.807) is 23.2 Å². The molecule has 2 heterocycles. The third kappa shape index (κ3) is 5.15. The maximum atomic E-state index is 12.8. The van der Waals surface area contributed by atoms with Crippen LogP contribution in [0.15, 0.2) is 30.5 Å². The van der Waals surface area contributed by atoms with E-state index in [4.69, 9.17) is 18.9 Å². The van der Waals surface area contributed by atoms with E-state index in [9.17, 15) is 24.0 Å². The molecule has 0 spiro atoms. The van der Waals surface area contributed by atoms with Gasteiger partial charge in [-0.25, -0.2) is 0 Å². The number of nitrogens with one attached hydrogen (secondary N) is 1. The van der Waals surface area contributed by atoms with Crippen molar-refractivity contribution in [2.75, 3.05) is 4.90 Å². The topological polar surface area (TPSA) is 141 Å². The zero-order valence-electron chi connectivity index (χ0n) is 20.8. The van der Waals surface area contributed by atoms with Crippen LogP contribution in [0.5, 0.6) is 23.0 Å². The van der Waals surface area contributed by atoms with Gasteiger partial charge < -0.3 is 28.8 Å². The van der Waals surface area contributed by atoms with E-state index < -0.39 is 29.9 Å². The predicted molar refractivity (Wildman–Crippen MR) is 130 cm³/mol. The van der Waals surface area contributed by atoms with Gasteiger partial charge in [-0.05, 0) is 24.1 Å². The molecule has 0 aliphatic carbocycles. The van der Waals surface area contributed by atoms with Gasteiger partial charge in [0.05, 0.1) is 11.7 Å². The number of hydrogen-bond acceptors (Lipinski definition) is 9. The average molecular weight is 508 g/mol. The molecular formula is C26H24N2O9. The van der Waals surface area contributed by atoms with Crippen molar-refractivity contribution in [3.63, 3.8) is 0 Å². The largest absolute Gasteiger partial charge is 0.423 e. The minimum absolute atomic E-state index is 0.00967. The van der Waals surface area contributed by atoms with Crippen LogP contribution in [0.25, 0.3) is 10.9 Å². The van der Waals surface area contributed by atoms with Gasteiger partial charge in [0, 0.05) is 69.4 Å². The Morgan fingerprint density at radius 2 is 1.22 bits per heavy atom. The number of carbonyl (C=O) groups is 5. The Labute approximate surface area is 211 Å². The maximum Gasteiger partial charge on any atom is 0.308 e. The van der Waals surface area contributed by atoms with Crippen LogP contribution >= 0.6 is 0 Å². The summed E-state index contributed by atoms with van der Waals surface area (Å²) in [6.07, 6.45) is 2.07. The average Bonchev–Trinajstić information content (AvgIpc) is 3.33. The van der Waals surface area contributed by atoms with Crippen molar-refractivity contribution in [2.45, 2.75) is 47.1 Å². The lowest BCUT2D eigenvalue weighted by Crippen LogP contribution is -2.29. The first-order chi connectivity index (χ1) is 17.4. The first kappa shape index (κ1) is 25.4. The Morgan fingerprint density at radius 3 is 1.73 bits per heavy atom. The molecule has 11 nitrogen and oxygen atoms in total. The molecule has 0 radical (unpaired) electrons. The Kier molecular flexibility index (Phi) is 6.71. The number of benzene rings is 2. The minimum atomic E-state index is -0.615. The van der Waals surface area contributed by atoms with Gasteiger partial charge in [-0.2, -0.15) is 0 Å². The summed E-state index contributed by atoms with van der Waals surface area (Å²) in [5.41, 5.74) is 2.48. The summed E-state index contributed by atoms with van der Waals surface area (Å²) < 4.78 is 21.0. The van der Waals surface area contributed by atoms with Crippen LogP contribution in [0.2, 0.25) is 0 Å². The van der Waals surface area contributed by atoms with Gasteiger partial charge >= 0.3 is 23.9 Å². The second-order valence-electron chi connectivity index (χ2n) is 8.50. The zero-order chi connectivity index (χ0) is 27.0. The first-order valence-corrected chi connectivity index (χ1v) is 11.3. The van der Waals surface area contributed by atoms with E-state index in [1.807, 2.05) is 0 Å². The summed E-state index contributed by atoms with van der Waals surface area (Å²) in [6, 6.07) is 5.67. The molecule has 1 atom stereocenters. The van der Waals surface area contributed by atoms with Crippen LogP contribution in [0.3, 0.4) is 0 Å². The summed E-state index contributed by atoms with van der Waals surface area (Å²) in [7, 11) is 0. The van der Waals surface area contributed by atoms with Gasteiger partial charge in [0.2, 0.25) is 5.91 Å². The first-order valence-electron chi connectivity index (χ1n) is 11.3. The van der Waals surface area contributed by atoms with Crippen LogP contribution in [-0.2, 0) is 30.4 Å². The smallest absolute Gasteiger partial charge is 0.308 e. The van der Waals surface area contributed by atoms with Gasteiger partial charge in [0.1, 0.15) is 0 Å². The van der Waals surface area contributed by atoms with Crippen molar-refractivity contribution in [3.8, 4) is 23.0 Å². The Hall–Kier alpha value is -4.67. The Balaban J connectivity index is 1.84. The lowest BCUT2D eigenvalue weighted by molar-refractivity contribution is -0.134. The highest BCUT2D eigenvalue weighted by Crippen LogP contribution is 2.48. The van der Waals surface area contributed by atoms with E-state index in [0.717, 1.165) is 0 Å². The molecule has 1 aromatic heterocycles. The molecule has 0 bridgehead atoms. The van der Waals surface area contributed by atoms with Gasteiger partial charge in [-0.1, -0.05) is 0 Å². The van der Waals surface area contributed by atoms with Crippen molar-refractivity contribution >= 4 is 46.4 Å². The second-order valence-corrected chi connectivity index (χ2v) is 8.50. The highest BCUT2D eigenvalue weighted by molar-refractivity contribution is 5.98. The summed E-state index contributed by atoms with van der Waals surface area (Å²) >= 11 is 0. The Morgan fingerprint density at radius 1 is 0.730 bits per heavy atom. The standard InChI is InChI=1S/C26H24N2O9/c1-12(29)28-21-10-26(37-16(5)33)23(34-13(2)30)7-17(21)6-22(28)19-11-27-20-9-25(36-15(4)32)24(8-18(19)20)35-14(3)31/h7-11,22,27H,6H2,1-5H3. The van der Waals surface area contributed by atoms with Gasteiger partial charge in [-0.15, -0.1) is 0 Å². The predicted octanol–water partition coefficient (Wildman–Crippen LogP) is 3.52. The molecule has 0 saturated heterocycles. The second kappa shape index (κ2) is 9.76. The van der Waals surface area contributed by atoms with Gasteiger partial charge in [-0.3, -0.25) is 24.0 Å². The number of hydrogen-bond donors (Lipinski definition) is 1.